The molecule has 3 heterocycles. The number of carbonyl (C=O) groups excluding carboxylic acids is 1. The molecule has 1 aromatic carbocycles. The number of ether oxygens (including phenoxy) is 1. The molecular weight excluding hydrogens is 392 g/mol. The number of carbonyl (C=O) groups is 1. The predicted molar refractivity (Wildman–Crippen MR) is 104 cm³/mol. The van der Waals surface area contributed by atoms with E-state index in [4.69, 9.17) is 4.74 Å². The number of halogens is 2. The summed E-state index contributed by atoms with van der Waals surface area (Å²) in [6.45, 7) is 3.88. The maximum absolute atomic E-state index is 13.3. The van der Waals surface area contributed by atoms with Gasteiger partial charge in [0.2, 0.25) is 0 Å². The van der Waals surface area contributed by atoms with Crippen LogP contribution in [0.5, 0.6) is 0 Å². The summed E-state index contributed by atoms with van der Waals surface area (Å²) in [7, 11) is 0. The molecule has 142 valence electrons. The van der Waals surface area contributed by atoms with Crippen molar-refractivity contribution in [1.82, 2.24) is 4.98 Å². The lowest BCUT2D eigenvalue weighted by molar-refractivity contribution is 0.0175. The first-order chi connectivity index (χ1) is 12.9. The number of aromatic nitrogens is 1. The second kappa shape index (κ2) is 7.14. The van der Waals surface area contributed by atoms with Crippen molar-refractivity contribution in [3.8, 4) is 0 Å². The van der Waals surface area contributed by atoms with E-state index >= 15 is 0 Å². The predicted octanol–water partition coefficient (Wildman–Crippen LogP) is 4.56. The minimum absolute atomic E-state index is 0.0861. The van der Waals surface area contributed by atoms with Gasteiger partial charge in [-0.1, -0.05) is 23.5 Å². The van der Waals surface area contributed by atoms with Crippen molar-refractivity contribution in [3.05, 3.63) is 40.8 Å². The van der Waals surface area contributed by atoms with Gasteiger partial charge in [0.05, 0.1) is 22.8 Å². The number of nitrogens with zero attached hydrogens (tertiary/aromatic N) is 2. The summed E-state index contributed by atoms with van der Waals surface area (Å²) in [4.78, 5) is 20.6. The van der Waals surface area contributed by atoms with Crippen LogP contribution in [0.1, 0.15) is 22.2 Å². The highest BCUT2D eigenvalue weighted by atomic mass is 32.1. The molecule has 1 aliphatic heterocycles. The summed E-state index contributed by atoms with van der Waals surface area (Å²) in [5.74, 6) is -3.17. The van der Waals surface area contributed by atoms with Gasteiger partial charge < -0.3 is 15.0 Å². The second-order valence-corrected chi connectivity index (χ2v) is 8.34. The summed E-state index contributed by atoms with van der Waals surface area (Å²) in [5, 5.41) is 3.69. The number of alkyl halides is 2. The van der Waals surface area contributed by atoms with E-state index in [-0.39, 0.29) is 11.5 Å². The molecule has 1 N–H and O–H groups in total. The van der Waals surface area contributed by atoms with Gasteiger partial charge in [0, 0.05) is 31.3 Å². The summed E-state index contributed by atoms with van der Waals surface area (Å²) in [5.41, 5.74) is 0.392. The Kier molecular flexibility index (Phi) is 4.83. The fourth-order valence-corrected chi connectivity index (χ4v) is 4.92. The number of fused-ring (bicyclic) bond motifs is 1. The lowest BCUT2D eigenvalue weighted by Crippen LogP contribution is -2.36. The Bertz CT molecular complexity index is 926. The lowest BCUT2D eigenvalue weighted by Gasteiger charge is -2.25. The van der Waals surface area contributed by atoms with Gasteiger partial charge in [-0.15, -0.1) is 11.3 Å². The Balaban J connectivity index is 1.47. The van der Waals surface area contributed by atoms with E-state index in [1.165, 1.54) is 35.6 Å². The van der Waals surface area contributed by atoms with E-state index in [1.807, 2.05) is 6.07 Å². The number of amides is 1. The van der Waals surface area contributed by atoms with E-state index in [1.54, 1.807) is 11.3 Å². The molecule has 2 aromatic heterocycles. The molecule has 4 rings (SSSR count). The van der Waals surface area contributed by atoms with Crippen LogP contribution in [0.3, 0.4) is 0 Å². The fraction of sp³-hybridized carbons (Fsp3) is 0.333. The monoisotopic (exact) mass is 409 g/mol. The zero-order valence-electron chi connectivity index (χ0n) is 14.5. The Morgan fingerprint density at radius 2 is 1.93 bits per heavy atom. The van der Waals surface area contributed by atoms with Crippen molar-refractivity contribution in [2.75, 3.05) is 36.5 Å². The molecule has 9 heteroatoms. The average Bonchev–Trinajstić information content (AvgIpc) is 3.21. The molecule has 1 amide bonds. The van der Waals surface area contributed by atoms with Crippen molar-refractivity contribution in [2.45, 2.75) is 12.8 Å². The normalized spacial score (nSPS) is 15.3. The van der Waals surface area contributed by atoms with Crippen LogP contribution in [0.25, 0.3) is 9.53 Å². The van der Waals surface area contributed by atoms with E-state index in [0.29, 0.717) is 23.8 Å². The molecule has 1 fully saturated rings. The van der Waals surface area contributed by atoms with Crippen LogP contribution in [0, 0.1) is 0 Å². The molecule has 1 aliphatic rings. The first-order valence-electron chi connectivity index (χ1n) is 8.43. The number of rotatable bonds is 4. The number of anilines is 2. The molecule has 1 saturated heterocycles. The maximum atomic E-state index is 13.3. The van der Waals surface area contributed by atoms with Gasteiger partial charge in [-0.25, -0.2) is 13.8 Å². The third kappa shape index (κ3) is 3.95. The number of hydrogen-bond donors (Lipinski definition) is 1. The van der Waals surface area contributed by atoms with Crippen LogP contribution < -0.4 is 10.2 Å². The third-order valence-corrected chi connectivity index (χ3v) is 6.45. The standard InChI is InChI=1S/C18H17F2N3O2S2/c1-18(19,20)11-2-4-12(5-3-11)21-15(24)13-10-14-16(26-13)22-17(27-14)23-6-8-25-9-7-23/h2-5,10H,6-9H2,1H3,(H,21,24). The molecule has 27 heavy (non-hydrogen) atoms. The average molecular weight is 409 g/mol. The molecule has 0 radical (unpaired) electrons. The zero-order chi connectivity index (χ0) is 19.0. The van der Waals surface area contributed by atoms with Crippen LogP contribution in [0.15, 0.2) is 30.3 Å². The maximum Gasteiger partial charge on any atom is 0.270 e. The van der Waals surface area contributed by atoms with E-state index in [0.717, 1.165) is 34.7 Å². The molecular formula is C18H17F2N3O2S2. The van der Waals surface area contributed by atoms with Crippen LogP contribution in [-0.2, 0) is 10.7 Å². The van der Waals surface area contributed by atoms with Gasteiger partial charge in [0.1, 0.15) is 4.83 Å². The quantitative estimate of drug-likeness (QED) is 0.686. The minimum Gasteiger partial charge on any atom is -0.378 e. The van der Waals surface area contributed by atoms with Crippen molar-refractivity contribution in [1.29, 1.82) is 0 Å². The molecule has 5 nitrogen and oxygen atoms in total. The molecule has 0 atom stereocenters. The van der Waals surface area contributed by atoms with Gasteiger partial charge in [-0.2, -0.15) is 0 Å². The van der Waals surface area contributed by atoms with Crippen LogP contribution in [0.2, 0.25) is 0 Å². The van der Waals surface area contributed by atoms with Crippen LogP contribution >= 0.6 is 22.7 Å². The third-order valence-electron chi connectivity index (χ3n) is 4.23. The zero-order valence-corrected chi connectivity index (χ0v) is 16.1. The fourth-order valence-electron chi connectivity index (χ4n) is 2.76. The van der Waals surface area contributed by atoms with Gasteiger partial charge in [-0.05, 0) is 18.2 Å². The van der Waals surface area contributed by atoms with Gasteiger partial charge in [0.25, 0.3) is 11.8 Å². The Morgan fingerprint density at radius 1 is 1.22 bits per heavy atom. The second-order valence-electron chi connectivity index (χ2n) is 6.30. The topological polar surface area (TPSA) is 54.5 Å². The van der Waals surface area contributed by atoms with E-state index in [2.05, 4.69) is 15.2 Å². The highest BCUT2D eigenvalue weighted by molar-refractivity contribution is 7.29. The number of benzene rings is 1. The highest BCUT2D eigenvalue weighted by Gasteiger charge is 2.24. The van der Waals surface area contributed by atoms with E-state index in [9.17, 15) is 13.6 Å². The number of thiophene rings is 1. The number of nitrogens with one attached hydrogen (secondary N) is 1. The number of hydrogen-bond acceptors (Lipinski definition) is 6. The summed E-state index contributed by atoms with van der Waals surface area (Å²) < 4.78 is 32.8. The molecule has 0 bridgehead atoms. The molecule has 0 saturated carbocycles. The first kappa shape index (κ1) is 18.3. The van der Waals surface area contributed by atoms with E-state index < -0.39 is 5.92 Å². The smallest absolute Gasteiger partial charge is 0.270 e. The summed E-state index contributed by atoms with van der Waals surface area (Å²) in [6, 6.07) is 7.42. The van der Waals surface area contributed by atoms with Gasteiger partial charge >= 0.3 is 0 Å². The Morgan fingerprint density at radius 3 is 2.56 bits per heavy atom. The van der Waals surface area contributed by atoms with Crippen LogP contribution in [0.4, 0.5) is 19.6 Å². The first-order valence-corrected chi connectivity index (χ1v) is 10.1. The Labute approximate surface area is 162 Å². The SMILES string of the molecule is CC(F)(F)c1ccc(NC(=O)c2cc3sc(N4CCOCC4)nc3s2)cc1. The summed E-state index contributed by atoms with van der Waals surface area (Å²) in [6.07, 6.45) is 0. The lowest BCUT2D eigenvalue weighted by atomic mass is 10.1. The van der Waals surface area contributed by atoms with Crippen molar-refractivity contribution in [2.24, 2.45) is 0 Å². The minimum atomic E-state index is -2.90. The molecule has 0 unspecified atom stereocenters. The van der Waals surface area contributed by atoms with Crippen molar-refractivity contribution >= 4 is 48.9 Å². The molecule has 0 spiro atoms. The van der Waals surface area contributed by atoms with Crippen molar-refractivity contribution < 1.29 is 18.3 Å². The number of thiazole rings is 1. The summed E-state index contributed by atoms with van der Waals surface area (Å²) >= 11 is 2.89. The van der Waals surface area contributed by atoms with Gasteiger partial charge in [-0.3, -0.25) is 4.79 Å². The molecule has 0 aliphatic carbocycles. The van der Waals surface area contributed by atoms with Crippen molar-refractivity contribution in [3.63, 3.8) is 0 Å². The molecule has 3 aromatic rings. The van der Waals surface area contributed by atoms with Gasteiger partial charge in [0.15, 0.2) is 5.13 Å². The van der Waals surface area contributed by atoms with Crippen LogP contribution in [-0.4, -0.2) is 37.2 Å². The highest BCUT2D eigenvalue weighted by Crippen LogP contribution is 2.35. The largest absolute Gasteiger partial charge is 0.378 e. The Hall–Kier alpha value is -2.10. The number of morpholine rings is 1.